The van der Waals surface area contributed by atoms with Crippen molar-refractivity contribution >= 4 is 21.4 Å². The number of nitrogens with zero attached hydrogens (tertiary/aromatic N) is 1. The van der Waals surface area contributed by atoms with E-state index in [1.165, 1.54) is 18.5 Å². The lowest BCUT2D eigenvalue weighted by Gasteiger charge is -2.09. The zero-order valence-electron chi connectivity index (χ0n) is 9.14. The first-order chi connectivity index (χ1) is 7.99. The Morgan fingerprint density at radius 3 is 2.76 bits per heavy atom. The van der Waals surface area contributed by atoms with Crippen LogP contribution in [0.25, 0.3) is 0 Å². The number of sulfonamides is 1. The van der Waals surface area contributed by atoms with Crippen molar-refractivity contribution in [2.75, 3.05) is 10.5 Å². The van der Waals surface area contributed by atoms with Gasteiger partial charge in [-0.25, -0.2) is 8.42 Å². The molecule has 0 aliphatic heterocycles. The second kappa shape index (κ2) is 4.10. The van der Waals surface area contributed by atoms with Crippen molar-refractivity contribution in [3.8, 4) is 0 Å². The molecule has 0 amide bonds. The van der Waals surface area contributed by atoms with Crippen molar-refractivity contribution in [3.63, 3.8) is 0 Å². The molecule has 6 nitrogen and oxygen atoms in total. The van der Waals surface area contributed by atoms with Gasteiger partial charge in [0.15, 0.2) is 0 Å². The molecule has 1 aromatic carbocycles. The summed E-state index contributed by atoms with van der Waals surface area (Å²) in [6.07, 6.45) is 2.86. The van der Waals surface area contributed by atoms with Crippen LogP contribution < -0.4 is 10.5 Å². The van der Waals surface area contributed by atoms with Crippen molar-refractivity contribution in [1.29, 1.82) is 0 Å². The number of aromatic nitrogens is 2. The molecule has 90 valence electrons. The normalized spacial score (nSPS) is 11.4. The number of aromatic amines is 1. The summed E-state index contributed by atoms with van der Waals surface area (Å²) in [5.74, 6) is 0. The number of hydrogen-bond acceptors (Lipinski definition) is 4. The smallest absolute Gasteiger partial charge is 0.262 e. The maximum Gasteiger partial charge on any atom is 0.262 e. The lowest BCUT2D eigenvalue weighted by molar-refractivity contribution is 0.600. The third-order valence-corrected chi connectivity index (χ3v) is 3.78. The van der Waals surface area contributed by atoms with E-state index >= 15 is 0 Å². The molecule has 0 atom stereocenters. The Labute approximate surface area is 98.9 Å². The largest absolute Gasteiger partial charge is 0.399 e. The number of nitrogens with two attached hydrogens (primary N) is 1. The van der Waals surface area contributed by atoms with Gasteiger partial charge >= 0.3 is 0 Å². The molecular formula is C10H12N4O2S. The molecular weight excluding hydrogens is 240 g/mol. The molecule has 0 fully saturated rings. The highest BCUT2D eigenvalue weighted by Crippen LogP contribution is 2.20. The van der Waals surface area contributed by atoms with Gasteiger partial charge in [0.05, 0.1) is 16.8 Å². The predicted molar refractivity (Wildman–Crippen MR) is 65.0 cm³/mol. The van der Waals surface area contributed by atoms with Crippen LogP contribution in [0.1, 0.15) is 5.56 Å². The number of nitrogens with one attached hydrogen (secondary N) is 2. The molecule has 0 bridgehead atoms. The Hall–Kier alpha value is -2.02. The monoisotopic (exact) mass is 252 g/mol. The van der Waals surface area contributed by atoms with Gasteiger partial charge in [0, 0.05) is 11.9 Å². The minimum Gasteiger partial charge on any atom is -0.399 e. The van der Waals surface area contributed by atoms with E-state index in [9.17, 15) is 8.42 Å². The zero-order valence-corrected chi connectivity index (χ0v) is 9.95. The maximum absolute atomic E-state index is 12.0. The molecule has 0 saturated carbocycles. The molecule has 0 saturated heterocycles. The minimum atomic E-state index is -3.60. The molecule has 1 heterocycles. The highest BCUT2D eigenvalue weighted by molar-refractivity contribution is 7.92. The van der Waals surface area contributed by atoms with Gasteiger partial charge < -0.3 is 5.73 Å². The quantitative estimate of drug-likeness (QED) is 0.712. The zero-order chi connectivity index (χ0) is 12.5. The van der Waals surface area contributed by atoms with E-state index in [-0.39, 0.29) is 4.90 Å². The number of aryl methyl sites for hydroxylation is 1. The Morgan fingerprint density at radius 2 is 2.18 bits per heavy atom. The summed E-state index contributed by atoms with van der Waals surface area (Å²) >= 11 is 0. The van der Waals surface area contributed by atoms with Gasteiger partial charge in [-0.1, -0.05) is 0 Å². The average molecular weight is 252 g/mol. The number of H-pyrrole nitrogens is 1. The lowest BCUT2D eigenvalue weighted by atomic mass is 10.2. The summed E-state index contributed by atoms with van der Waals surface area (Å²) in [6, 6.07) is 4.65. The van der Waals surface area contributed by atoms with Crippen LogP contribution in [-0.4, -0.2) is 18.6 Å². The van der Waals surface area contributed by atoms with E-state index in [1.807, 2.05) is 0 Å². The average Bonchev–Trinajstić information content (AvgIpc) is 2.68. The van der Waals surface area contributed by atoms with E-state index in [0.717, 1.165) is 0 Å². The first-order valence-corrected chi connectivity index (χ1v) is 6.35. The van der Waals surface area contributed by atoms with E-state index in [0.29, 0.717) is 16.9 Å². The van der Waals surface area contributed by atoms with Crippen LogP contribution in [0.5, 0.6) is 0 Å². The first-order valence-electron chi connectivity index (χ1n) is 4.87. The lowest BCUT2D eigenvalue weighted by Crippen LogP contribution is -2.14. The Bertz CT molecular complexity index is 620. The molecule has 2 rings (SSSR count). The van der Waals surface area contributed by atoms with Gasteiger partial charge in [-0.2, -0.15) is 5.10 Å². The molecule has 2 aromatic rings. The maximum atomic E-state index is 12.0. The van der Waals surface area contributed by atoms with Gasteiger partial charge in [0.25, 0.3) is 10.0 Å². The Morgan fingerprint density at radius 1 is 1.41 bits per heavy atom. The summed E-state index contributed by atoms with van der Waals surface area (Å²) in [4.78, 5) is 0.202. The van der Waals surface area contributed by atoms with Gasteiger partial charge in [-0.15, -0.1) is 0 Å². The van der Waals surface area contributed by atoms with Gasteiger partial charge in [-0.05, 0) is 30.7 Å². The van der Waals surface area contributed by atoms with Crippen molar-refractivity contribution in [3.05, 3.63) is 36.2 Å². The summed E-state index contributed by atoms with van der Waals surface area (Å²) < 4.78 is 26.5. The van der Waals surface area contributed by atoms with Crippen LogP contribution >= 0.6 is 0 Å². The van der Waals surface area contributed by atoms with E-state index in [4.69, 9.17) is 5.73 Å². The van der Waals surface area contributed by atoms with Crippen molar-refractivity contribution in [2.45, 2.75) is 11.8 Å². The van der Waals surface area contributed by atoms with Crippen LogP contribution in [0, 0.1) is 6.92 Å². The highest BCUT2D eigenvalue weighted by Gasteiger charge is 2.17. The third-order valence-electron chi connectivity index (χ3n) is 2.24. The van der Waals surface area contributed by atoms with Gasteiger partial charge in [0.2, 0.25) is 0 Å². The Kier molecular flexibility index (Phi) is 2.76. The molecule has 0 aliphatic rings. The second-order valence-electron chi connectivity index (χ2n) is 3.62. The fourth-order valence-electron chi connectivity index (χ4n) is 1.49. The summed E-state index contributed by atoms with van der Waals surface area (Å²) in [5.41, 5.74) is 7.10. The Balaban J connectivity index is 2.38. The summed E-state index contributed by atoms with van der Waals surface area (Å²) in [5, 5.41) is 6.20. The third kappa shape index (κ3) is 2.39. The molecule has 17 heavy (non-hydrogen) atoms. The molecule has 0 radical (unpaired) electrons. The number of rotatable bonds is 3. The molecule has 0 unspecified atom stereocenters. The molecule has 4 N–H and O–H groups in total. The van der Waals surface area contributed by atoms with E-state index in [1.54, 1.807) is 19.1 Å². The molecule has 1 aromatic heterocycles. The molecule has 0 aliphatic carbocycles. The van der Waals surface area contributed by atoms with Crippen LogP contribution in [0.2, 0.25) is 0 Å². The predicted octanol–water partition coefficient (Wildman–Crippen LogP) is 1.10. The van der Waals surface area contributed by atoms with Gasteiger partial charge in [-0.3, -0.25) is 9.82 Å². The number of anilines is 2. The van der Waals surface area contributed by atoms with E-state index in [2.05, 4.69) is 14.9 Å². The highest BCUT2D eigenvalue weighted by atomic mass is 32.2. The molecule has 7 heteroatoms. The topological polar surface area (TPSA) is 101 Å². The van der Waals surface area contributed by atoms with Crippen molar-refractivity contribution in [1.82, 2.24) is 10.2 Å². The van der Waals surface area contributed by atoms with Crippen molar-refractivity contribution < 1.29 is 8.42 Å². The van der Waals surface area contributed by atoms with Gasteiger partial charge in [0.1, 0.15) is 0 Å². The van der Waals surface area contributed by atoms with E-state index < -0.39 is 10.0 Å². The number of nitrogen functional groups attached to an aromatic ring is 1. The fraction of sp³-hybridized carbons (Fsp3) is 0.100. The van der Waals surface area contributed by atoms with Crippen molar-refractivity contribution in [2.24, 2.45) is 0 Å². The van der Waals surface area contributed by atoms with Crippen LogP contribution in [0.15, 0.2) is 35.5 Å². The first kappa shape index (κ1) is 11.5. The van der Waals surface area contributed by atoms with Crippen LogP contribution in [0.4, 0.5) is 11.4 Å². The number of hydrogen-bond donors (Lipinski definition) is 3. The SMILES string of the molecule is Cc1cc(N)ccc1S(=O)(=O)Nc1cn[nH]c1. The molecule has 0 spiro atoms. The standard InChI is InChI=1S/C10H12N4O2S/c1-7-4-8(11)2-3-10(7)17(15,16)14-9-5-12-13-6-9/h2-6,14H,11H2,1H3,(H,12,13). The fourth-order valence-corrected chi connectivity index (χ4v) is 2.75. The summed E-state index contributed by atoms with van der Waals surface area (Å²) in [7, 11) is -3.60. The summed E-state index contributed by atoms with van der Waals surface area (Å²) in [6.45, 7) is 1.69. The second-order valence-corrected chi connectivity index (χ2v) is 5.27. The van der Waals surface area contributed by atoms with Crippen LogP contribution in [-0.2, 0) is 10.0 Å². The van der Waals surface area contributed by atoms with Crippen LogP contribution in [0.3, 0.4) is 0 Å². The minimum absolute atomic E-state index is 0.202. The number of benzene rings is 1.